The second-order valence-corrected chi connectivity index (χ2v) is 6.93. The van der Waals surface area contributed by atoms with Crippen molar-refractivity contribution in [1.82, 2.24) is 25.4 Å². The minimum Gasteiger partial charge on any atom is -0.357 e. The summed E-state index contributed by atoms with van der Waals surface area (Å²) in [6.45, 7) is 6.74. The number of rotatable bonds is 5. The van der Waals surface area contributed by atoms with Crippen molar-refractivity contribution in [1.29, 1.82) is 0 Å². The highest BCUT2D eigenvalue weighted by molar-refractivity contribution is 14.0. The minimum absolute atomic E-state index is 0. The summed E-state index contributed by atoms with van der Waals surface area (Å²) in [5, 5.41) is 10.8. The van der Waals surface area contributed by atoms with E-state index in [1.165, 1.54) is 18.6 Å². The molecule has 1 aromatic heterocycles. The van der Waals surface area contributed by atoms with Crippen LogP contribution in [0.25, 0.3) is 0 Å². The van der Waals surface area contributed by atoms with Crippen LogP contribution in [0.2, 0.25) is 0 Å². The average molecular weight is 424 g/mol. The summed E-state index contributed by atoms with van der Waals surface area (Å²) >= 11 is 2.05. The third kappa shape index (κ3) is 5.65. The van der Waals surface area contributed by atoms with Gasteiger partial charge in [0.15, 0.2) is 5.96 Å². The van der Waals surface area contributed by atoms with E-state index in [0.29, 0.717) is 11.3 Å². The normalized spacial score (nSPS) is 22.0. The molecule has 0 spiro atoms. The number of nitrogens with one attached hydrogen (secondary N) is 2. The molecule has 0 radical (unpaired) electrons. The number of guanidine groups is 1. The fourth-order valence-corrected chi connectivity index (χ4v) is 3.45. The first-order valence-corrected chi connectivity index (χ1v) is 8.10. The Morgan fingerprint density at radius 1 is 1.52 bits per heavy atom. The summed E-state index contributed by atoms with van der Waals surface area (Å²) in [4.78, 5) is 8.75. The zero-order valence-electron chi connectivity index (χ0n) is 12.9. The largest absolute Gasteiger partial charge is 0.357 e. The molecule has 21 heavy (non-hydrogen) atoms. The van der Waals surface area contributed by atoms with E-state index in [0.717, 1.165) is 24.9 Å². The standard InChI is InChI=1S/C13H24N6S.HI/c1-4-14-12(15-8-11-17-10-18-19(11)3)16-9-13(2)6-5-7-20-13;/h10H,4-9H2,1-3H3,(H2,14,15,16);1H. The predicted octanol–water partition coefficient (Wildman–Crippen LogP) is 1.77. The first-order valence-electron chi connectivity index (χ1n) is 7.12. The van der Waals surface area contributed by atoms with Gasteiger partial charge >= 0.3 is 0 Å². The van der Waals surface area contributed by atoms with E-state index in [1.54, 1.807) is 11.0 Å². The molecule has 0 saturated carbocycles. The molecule has 0 bridgehead atoms. The summed E-state index contributed by atoms with van der Waals surface area (Å²) in [6, 6.07) is 0. The van der Waals surface area contributed by atoms with Gasteiger partial charge in [0.2, 0.25) is 0 Å². The molecule has 1 saturated heterocycles. The quantitative estimate of drug-likeness (QED) is 0.429. The smallest absolute Gasteiger partial charge is 0.191 e. The summed E-state index contributed by atoms with van der Waals surface area (Å²) in [5.41, 5.74) is 0. The molecule has 120 valence electrons. The molecule has 2 N–H and O–H groups in total. The summed E-state index contributed by atoms with van der Waals surface area (Å²) in [5.74, 6) is 2.98. The first-order chi connectivity index (χ1) is 9.63. The third-order valence-corrected chi connectivity index (χ3v) is 5.00. The maximum absolute atomic E-state index is 4.57. The van der Waals surface area contributed by atoms with Crippen LogP contribution >= 0.6 is 35.7 Å². The van der Waals surface area contributed by atoms with Crippen LogP contribution < -0.4 is 10.6 Å². The SMILES string of the molecule is CCNC(=NCc1ncnn1C)NCC1(C)CCCS1.I. The zero-order valence-corrected chi connectivity index (χ0v) is 16.1. The minimum atomic E-state index is 0. The summed E-state index contributed by atoms with van der Waals surface area (Å²) in [6.07, 6.45) is 4.14. The van der Waals surface area contributed by atoms with E-state index in [-0.39, 0.29) is 24.0 Å². The van der Waals surface area contributed by atoms with Crippen molar-refractivity contribution in [2.45, 2.75) is 38.0 Å². The lowest BCUT2D eigenvalue weighted by Crippen LogP contribution is -2.43. The number of aliphatic imine (C=N–C) groups is 1. The van der Waals surface area contributed by atoms with E-state index in [1.807, 2.05) is 7.05 Å². The van der Waals surface area contributed by atoms with E-state index >= 15 is 0 Å². The van der Waals surface area contributed by atoms with Crippen molar-refractivity contribution < 1.29 is 0 Å². The Bertz CT molecular complexity index is 455. The third-order valence-electron chi connectivity index (χ3n) is 3.46. The topological polar surface area (TPSA) is 67.1 Å². The molecule has 1 fully saturated rings. The highest BCUT2D eigenvalue weighted by atomic mass is 127. The molecule has 1 unspecified atom stereocenters. The van der Waals surface area contributed by atoms with Crippen molar-refractivity contribution in [2.24, 2.45) is 12.0 Å². The molecular formula is C13H25IN6S. The maximum atomic E-state index is 4.57. The van der Waals surface area contributed by atoms with E-state index in [9.17, 15) is 0 Å². The molecular weight excluding hydrogens is 399 g/mol. The van der Waals surface area contributed by atoms with Crippen LogP contribution in [0.5, 0.6) is 0 Å². The van der Waals surface area contributed by atoms with Gasteiger partial charge in [-0.3, -0.25) is 4.68 Å². The molecule has 0 amide bonds. The highest BCUT2D eigenvalue weighted by Gasteiger charge is 2.29. The predicted molar refractivity (Wildman–Crippen MR) is 99.3 cm³/mol. The van der Waals surface area contributed by atoms with Gasteiger partial charge in [-0.25, -0.2) is 9.98 Å². The van der Waals surface area contributed by atoms with Gasteiger partial charge in [-0.15, -0.1) is 24.0 Å². The zero-order chi connectivity index (χ0) is 14.4. The van der Waals surface area contributed by atoms with Gasteiger partial charge in [-0.1, -0.05) is 0 Å². The van der Waals surface area contributed by atoms with Gasteiger partial charge in [0.1, 0.15) is 18.7 Å². The molecule has 0 aliphatic carbocycles. The number of hydrogen-bond donors (Lipinski definition) is 2. The van der Waals surface area contributed by atoms with Crippen molar-refractivity contribution in [2.75, 3.05) is 18.8 Å². The van der Waals surface area contributed by atoms with Gasteiger partial charge in [0.05, 0.1) is 0 Å². The molecule has 2 heterocycles. The second-order valence-electron chi connectivity index (χ2n) is 5.25. The monoisotopic (exact) mass is 424 g/mol. The highest BCUT2D eigenvalue weighted by Crippen LogP contribution is 2.36. The van der Waals surface area contributed by atoms with Crippen LogP contribution in [0.15, 0.2) is 11.3 Å². The summed E-state index contributed by atoms with van der Waals surface area (Å²) < 4.78 is 2.09. The Kier molecular flexibility index (Phi) is 7.78. The van der Waals surface area contributed by atoms with E-state index < -0.39 is 0 Å². The Labute approximate surface area is 148 Å². The van der Waals surface area contributed by atoms with E-state index in [2.05, 4.69) is 51.3 Å². The summed E-state index contributed by atoms with van der Waals surface area (Å²) in [7, 11) is 1.88. The molecule has 2 rings (SSSR count). The van der Waals surface area contributed by atoms with Crippen molar-refractivity contribution in [3.63, 3.8) is 0 Å². The van der Waals surface area contributed by atoms with E-state index in [4.69, 9.17) is 0 Å². The molecule has 8 heteroatoms. The van der Waals surface area contributed by atoms with Crippen molar-refractivity contribution in [3.05, 3.63) is 12.2 Å². The molecule has 6 nitrogen and oxygen atoms in total. The van der Waals surface area contributed by atoms with Crippen molar-refractivity contribution in [3.8, 4) is 0 Å². The van der Waals surface area contributed by atoms with Gasteiger partial charge < -0.3 is 10.6 Å². The molecule has 0 aromatic carbocycles. The van der Waals surface area contributed by atoms with Gasteiger partial charge in [0.25, 0.3) is 0 Å². The van der Waals surface area contributed by atoms with Crippen LogP contribution in [0.4, 0.5) is 0 Å². The van der Waals surface area contributed by atoms with Crippen molar-refractivity contribution >= 4 is 41.7 Å². The Morgan fingerprint density at radius 3 is 2.90 bits per heavy atom. The molecule has 1 atom stereocenters. The molecule has 1 aromatic rings. The lowest BCUT2D eigenvalue weighted by atomic mass is 10.1. The van der Waals surface area contributed by atoms with Crippen LogP contribution in [-0.2, 0) is 13.6 Å². The number of halogens is 1. The van der Waals surface area contributed by atoms with Crippen LogP contribution in [0.3, 0.4) is 0 Å². The van der Waals surface area contributed by atoms with Crippen LogP contribution in [0.1, 0.15) is 32.5 Å². The Morgan fingerprint density at radius 2 is 2.33 bits per heavy atom. The molecule has 1 aliphatic heterocycles. The van der Waals surface area contributed by atoms with Gasteiger partial charge in [-0.05, 0) is 32.4 Å². The lowest BCUT2D eigenvalue weighted by Gasteiger charge is -2.24. The number of aromatic nitrogens is 3. The number of nitrogens with zero attached hydrogens (tertiary/aromatic N) is 4. The average Bonchev–Trinajstić information content (AvgIpc) is 3.03. The maximum Gasteiger partial charge on any atom is 0.191 e. The molecule has 1 aliphatic rings. The Hall–Kier alpha value is -0.510. The number of hydrogen-bond acceptors (Lipinski definition) is 4. The van der Waals surface area contributed by atoms with Gasteiger partial charge in [-0.2, -0.15) is 16.9 Å². The first kappa shape index (κ1) is 18.5. The lowest BCUT2D eigenvalue weighted by molar-refractivity contribution is 0.584. The van der Waals surface area contributed by atoms with Gasteiger partial charge in [0, 0.05) is 24.9 Å². The number of thioether (sulfide) groups is 1. The van der Waals surface area contributed by atoms with Crippen LogP contribution in [0, 0.1) is 0 Å². The number of aryl methyl sites for hydroxylation is 1. The fraction of sp³-hybridized carbons (Fsp3) is 0.769. The second kappa shape index (κ2) is 8.82. The fourth-order valence-electron chi connectivity index (χ4n) is 2.20. The Balaban J connectivity index is 0.00000220. The van der Waals surface area contributed by atoms with Crippen LogP contribution in [-0.4, -0.2) is 44.3 Å².